The van der Waals surface area contributed by atoms with Crippen molar-refractivity contribution in [3.8, 4) is 45.3 Å². The molecule has 2 unspecified atom stereocenters. The Hall–Kier alpha value is -6.76. The van der Waals surface area contributed by atoms with E-state index < -0.39 is 38.4 Å². The molecule has 0 radical (unpaired) electrons. The van der Waals surface area contributed by atoms with Crippen LogP contribution in [-0.2, 0) is 0 Å². The van der Waals surface area contributed by atoms with Crippen molar-refractivity contribution in [2.24, 2.45) is 0 Å². The predicted octanol–water partition coefficient (Wildman–Crippen LogP) is 16.4. The molecule has 4 nitrogen and oxygen atoms in total. The van der Waals surface area contributed by atoms with Crippen LogP contribution in [0.5, 0.6) is 23.0 Å². The molecule has 1 saturated carbocycles. The summed E-state index contributed by atoms with van der Waals surface area (Å²) in [4.78, 5) is 0.815. The van der Waals surface area contributed by atoms with E-state index in [1.807, 2.05) is 146 Å². The summed E-state index contributed by atoms with van der Waals surface area (Å²) in [5.74, 6) is -14.0. The molecule has 0 spiro atoms. The second-order valence-electron chi connectivity index (χ2n) is 18.4. The third kappa shape index (κ3) is 6.42. The number of halogens is 6. The maximum atomic E-state index is 16.4. The van der Waals surface area contributed by atoms with Gasteiger partial charge in [-0.15, -0.1) is 23.5 Å². The molecule has 8 aromatic rings. The van der Waals surface area contributed by atoms with Crippen LogP contribution in [0, 0.1) is 0 Å². The summed E-state index contributed by atoms with van der Waals surface area (Å²) in [5, 5.41) is 7.37. The highest BCUT2D eigenvalue weighted by Gasteiger charge is 2.84. The molecule has 8 aromatic carbocycles. The summed E-state index contributed by atoms with van der Waals surface area (Å²) < 4.78 is 120. The van der Waals surface area contributed by atoms with E-state index in [9.17, 15) is 0 Å². The Labute approximate surface area is 413 Å². The lowest BCUT2D eigenvalue weighted by Crippen LogP contribution is -2.49. The van der Waals surface area contributed by atoms with Gasteiger partial charge in [0.2, 0.25) is 0 Å². The lowest BCUT2D eigenvalue weighted by Gasteiger charge is -2.47. The molecule has 71 heavy (non-hydrogen) atoms. The number of fused-ring (bicyclic) bond motifs is 8. The van der Waals surface area contributed by atoms with Crippen LogP contribution in [0.25, 0.3) is 65.3 Å². The van der Waals surface area contributed by atoms with Crippen LogP contribution in [-0.4, -0.2) is 54.7 Å². The van der Waals surface area contributed by atoms with Crippen molar-refractivity contribution in [1.82, 2.24) is 0 Å². The van der Waals surface area contributed by atoms with Gasteiger partial charge < -0.3 is 18.9 Å². The molecule has 12 heteroatoms. The second kappa shape index (κ2) is 16.1. The summed E-state index contributed by atoms with van der Waals surface area (Å²) in [6.45, 7) is 2.99. The third-order valence-electron chi connectivity index (χ3n) is 14.7. The van der Waals surface area contributed by atoms with Crippen LogP contribution in [0.1, 0.15) is 13.8 Å². The summed E-state index contributed by atoms with van der Waals surface area (Å²) in [7, 11) is 3.19. The summed E-state index contributed by atoms with van der Waals surface area (Å²) >= 11 is 2.33. The van der Waals surface area contributed by atoms with Gasteiger partial charge in [0.25, 0.3) is 0 Å². The van der Waals surface area contributed by atoms with Gasteiger partial charge in [-0.25, -0.2) is 0 Å². The molecule has 0 bridgehead atoms. The van der Waals surface area contributed by atoms with Gasteiger partial charge in [-0.05, 0) is 105 Å². The lowest BCUT2D eigenvalue weighted by molar-refractivity contribution is -0.258. The first-order chi connectivity index (χ1) is 34.1. The quantitative estimate of drug-likeness (QED) is 0.127. The number of allylic oxidation sites excluding steroid dienone is 4. The van der Waals surface area contributed by atoms with Crippen molar-refractivity contribution >= 4 is 66.6 Å². The van der Waals surface area contributed by atoms with Crippen LogP contribution in [0.2, 0.25) is 0 Å². The summed E-state index contributed by atoms with van der Waals surface area (Å²) in [5.41, 5.74) is -0.187. The van der Waals surface area contributed by atoms with Crippen LogP contribution < -0.4 is 18.9 Å². The maximum absolute atomic E-state index is 16.4. The molecule has 0 saturated heterocycles. The normalized spacial score (nSPS) is 21.6. The van der Waals surface area contributed by atoms with Crippen molar-refractivity contribution in [3.05, 3.63) is 190 Å². The van der Waals surface area contributed by atoms with Crippen molar-refractivity contribution in [2.75, 3.05) is 27.4 Å². The number of thioether (sulfide) groups is 2. The van der Waals surface area contributed by atoms with Gasteiger partial charge in [-0.1, -0.05) is 121 Å². The van der Waals surface area contributed by atoms with Gasteiger partial charge in [0.1, 0.15) is 36.2 Å². The monoisotopic (exact) mass is 992 g/mol. The average molecular weight is 993 g/mol. The molecule has 2 heterocycles. The van der Waals surface area contributed by atoms with Crippen molar-refractivity contribution < 1.29 is 45.3 Å². The number of benzene rings is 8. The standard InChI is InChI=1S/C59H42F6O4S2/c1-55-43(29-37(70-55)31-68-47-27-23-35-15-7-11-19-41(35)51(47)49-39-17-9-5-13-33(39)21-25-45(49)66-3)53-54(58(62,63)59(64,65)57(53,60)61)44-30-38(71-56(44,55)2)32-69-48-28-24-36-16-8-12-20-42(36)52(48)50-40-18-10-6-14-34(40)22-26-46(50)67-4/h5-30H,31-32H2,1-4H3. The average Bonchev–Trinajstić information content (AvgIpc) is 3.95. The Morgan fingerprint density at radius 1 is 0.394 bits per heavy atom. The number of ether oxygens (including phenoxy) is 4. The molecule has 12 rings (SSSR count). The van der Waals surface area contributed by atoms with E-state index in [-0.39, 0.29) is 24.4 Å². The van der Waals surface area contributed by atoms with Gasteiger partial charge in [0.05, 0.1) is 23.7 Å². The van der Waals surface area contributed by atoms with Crippen molar-refractivity contribution in [3.63, 3.8) is 0 Å². The Morgan fingerprint density at radius 2 is 0.690 bits per heavy atom. The second-order valence-corrected chi connectivity index (χ2v) is 21.5. The Kier molecular flexibility index (Phi) is 10.3. The predicted molar refractivity (Wildman–Crippen MR) is 275 cm³/mol. The minimum atomic E-state index is -5.71. The Balaban J connectivity index is 0.937. The zero-order valence-electron chi connectivity index (χ0n) is 38.6. The molecular weight excluding hydrogens is 951 g/mol. The minimum absolute atomic E-state index is 0.176. The van der Waals surface area contributed by atoms with Gasteiger partial charge in [-0.3, -0.25) is 0 Å². The number of hydrogen-bond acceptors (Lipinski definition) is 6. The number of hydrogen-bond donors (Lipinski definition) is 0. The largest absolute Gasteiger partial charge is 0.496 e. The van der Waals surface area contributed by atoms with E-state index in [4.69, 9.17) is 18.9 Å². The van der Waals surface area contributed by atoms with Crippen molar-refractivity contribution in [2.45, 2.75) is 41.1 Å². The van der Waals surface area contributed by atoms with E-state index in [2.05, 4.69) is 0 Å². The summed E-state index contributed by atoms with van der Waals surface area (Å²) in [6, 6.07) is 46.7. The SMILES string of the molecule is COc1ccc2ccccc2c1-c1c(OCC2=CC3=C4C(=C5C=C(COc6ccc7ccccc7c6-c6c(OC)ccc7ccccc67)SC5(C)C3(C)S2)C(F)(F)C(F)(F)C4(F)F)ccc2ccccc12. The molecule has 2 aliphatic carbocycles. The molecule has 0 amide bonds. The molecule has 2 atom stereocenters. The van der Waals surface area contributed by atoms with E-state index in [1.165, 1.54) is 35.7 Å². The number of methoxy groups -OCH3 is 2. The zero-order valence-corrected chi connectivity index (χ0v) is 40.3. The first-order valence-electron chi connectivity index (χ1n) is 23.0. The van der Waals surface area contributed by atoms with Gasteiger partial charge in [0, 0.05) is 43.2 Å². The maximum Gasteiger partial charge on any atom is 0.380 e. The van der Waals surface area contributed by atoms with Crippen molar-refractivity contribution in [1.29, 1.82) is 0 Å². The van der Waals surface area contributed by atoms with Gasteiger partial charge >= 0.3 is 17.8 Å². The Bertz CT molecular complexity index is 3490. The van der Waals surface area contributed by atoms with E-state index >= 15 is 26.3 Å². The first kappa shape index (κ1) is 45.4. The molecule has 2 aliphatic heterocycles. The molecule has 4 aliphatic rings. The van der Waals surface area contributed by atoms with Crippen LogP contribution in [0.15, 0.2) is 190 Å². The molecule has 356 valence electrons. The van der Waals surface area contributed by atoms with Gasteiger partial charge in [0.15, 0.2) is 0 Å². The van der Waals surface area contributed by atoms with E-state index in [0.717, 1.165) is 65.3 Å². The first-order valence-corrected chi connectivity index (χ1v) is 24.6. The molecule has 1 fully saturated rings. The summed E-state index contributed by atoms with van der Waals surface area (Å²) in [6.07, 6.45) is 2.72. The topological polar surface area (TPSA) is 36.9 Å². The van der Waals surface area contributed by atoms with E-state index in [1.54, 1.807) is 28.1 Å². The molecular formula is C59H42F6O4S2. The van der Waals surface area contributed by atoms with Crippen LogP contribution in [0.3, 0.4) is 0 Å². The fraction of sp³-hybridized carbons (Fsp3) is 0.186. The number of alkyl halides is 6. The van der Waals surface area contributed by atoms with Gasteiger partial charge in [-0.2, -0.15) is 26.3 Å². The lowest BCUT2D eigenvalue weighted by atomic mass is 9.71. The van der Waals surface area contributed by atoms with Crippen LogP contribution in [0.4, 0.5) is 26.3 Å². The zero-order chi connectivity index (χ0) is 49.2. The minimum Gasteiger partial charge on any atom is -0.496 e. The molecule has 0 aromatic heterocycles. The highest BCUT2D eigenvalue weighted by Crippen LogP contribution is 2.74. The highest BCUT2D eigenvalue weighted by molar-refractivity contribution is 8.09. The van der Waals surface area contributed by atoms with Crippen LogP contribution >= 0.6 is 23.5 Å². The number of rotatable bonds is 10. The van der Waals surface area contributed by atoms with E-state index in [0.29, 0.717) is 32.8 Å². The third-order valence-corrected chi connectivity index (χ3v) is 17.9. The Morgan fingerprint density at radius 3 is 1.01 bits per heavy atom. The fourth-order valence-electron chi connectivity index (χ4n) is 11.1. The highest BCUT2D eigenvalue weighted by atomic mass is 32.2. The smallest absolute Gasteiger partial charge is 0.380 e. The fourth-order valence-corrected chi connectivity index (χ4v) is 14.2. The molecule has 0 N–H and O–H groups in total.